The Morgan fingerprint density at radius 2 is 1.57 bits per heavy atom. The average molecular weight is 200 g/mol. The fourth-order valence-corrected chi connectivity index (χ4v) is 1.51. The summed E-state index contributed by atoms with van der Waals surface area (Å²) in [6, 6.07) is 0. The fraction of sp³-hybridized carbons (Fsp3) is 0.833. The van der Waals surface area contributed by atoms with Crippen molar-refractivity contribution in [3.05, 3.63) is 12.3 Å². The van der Waals surface area contributed by atoms with Gasteiger partial charge in [-0.2, -0.15) is 0 Å². The molecule has 2 heteroatoms. The maximum absolute atomic E-state index is 9.24. The summed E-state index contributed by atoms with van der Waals surface area (Å²) >= 11 is 0. The van der Waals surface area contributed by atoms with Crippen molar-refractivity contribution in [3.63, 3.8) is 0 Å². The number of unbranched alkanes of at least 4 members (excludes halogenated alkanes) is 6. The summed E-state index contributed by atoms with van der Waals surface area (Å²) in [7, 11) is 0. The Hall–Kier alpha value is -0.500. The van der Waals surface area contributed by atoms with Crippen molar-refractivity contribution >= 4 is 0 Å². The van der Waals surface area contributed by atoms with Crippen molar-refractivity contribution in [1.29, 1.82) is 0 Å². The lowest BCUT2D eigenvalue weighted by Crippen LogP contribution is -2.01. The van der Waals surface area contributed by atoms with Gasteiger partial charge in [-0.05, 0) is 12.5 Å². The second-order valence-electron chi connectivity index (χ2n) is 3.82. The van der Waals surface area contributed by atoms with Crippen molar-refractivity contribution in [3.8, 4) is 0 Å². The molecule has 0 spiro atoms. The molecular formula is C12H24O2. The normalized spacial score (nSPS) is 13.6. The first-order chi connectivity index (χ1) is 6.81. The molecule has 0 aliphatic rings. The summed E-state index contributed by atoms with van der Waals surface area (Å²) in [4.78, 5) is 0. The Morgan fingerprint density at radius 3 is 2.14 bits per heavy atom. The quantitative estimate of drug-likeness (QED) is 0.441. The summed E-state index contributed by atoms with van der Waals surface area (Å²) in [5, 5.41) is 17.6. The predicted octanol–water partition coefficient (Wildman–Crippen LogP) is 3.56. The van der Waals surface area contributed by atoms with E-state index in [9.17, 15) is 5.11 Å². The van der Waals surface area contributed by atoms with Crippen LogP contribution in [0.4, 0.5) is 0 Å². The molecule has 0 saturated carbocycles. The van der Waals surface area contributed by atoms with Crippen LogP contribution in [0.1, 0.15) is 58.3 Å². The number of hydrogen-bond acceptors (Lipinski definition) is 2. The Labute approximate surface area is 87.7 Å². The SMILES string of the molecule is CCCCCCCCCC(O)/C=C/O. The number of rotatable bonds is 9. The lowest BCUT2D eigenvalue weighted by Gasteiger charge is -2.04. The standard InChI is InChI=1S/C12H24O2/c1-2-3-4-5-6-7-8-9-12(14)10-11-13/h10-14H,2-9H2,1H3/b11-10+. The molecule has 1 atom stereocenters. The number of aliphatic hydroxyl groups excluding tert-OH is 2. The first-order valence-corrected chi connectivity index (χ1v) is 5.80. The largest absolute Gasteiger partial charge is 0.516 e. The minimum Gasteiger partial charge on any atom is -0.516 e. The van der Waals surface area contributed by atoms with Gasteiger partial charge in [0.2, 0.25) is 0 Å². The zero-order valence-electron chi connectivity index (χ0n) is 9.28. The van der Waals surface area contributed by atoms with E-state index in [0.717, 1.165) is 19.1 Å². The van der Waals surface area contributed by atoms with Gasteiger partial charge in [0.25, 0.3) is 0 Å². The topological polar surface area (TPSA) is 40.5 Å². The molecule has 0 aliphatic carbocycles. The van der Waals surface area contributed by atoms with Gasteiger partial charge >= 0.3 is 0 Å². The van der Waals surface area contributed by atoms with Gasteiger partial charge in [0.1, 0.15) is 0 Å². The van der Waals surface area contributed by atoms with E-state index in [2.05, 4.69) is 6.92 Å². The van der Waals surface area contributed by atoms with Gasteiger partial charge < -0.3 is 10.2 Å². The van der Waals surface area contributed by atoms with Crippen LogP contribution in [-0.4, -0.2) is 16.3 Å². The second-order valence-corrected chi connectivity index (χ2v) is 3.82. The van der Waals surface area contributed by atoms with Crippen LogP contribution in [0.15, 0.2) is 12.3 Å². The molecule has 0 amide bonds. The lowest BCUT2D eigenvalue weighted by atomic mass is 10.1. The Kier molecular flexibility index (Phi) is 10.2. The van der Waals surface area contributed by atoms with Gasteiger partial charge in [-0.1, -0.05) is 51.9 Å². The highest BCUT2D eigenvalue weighted by molar-refractivity contribution is 4.81. The first kappa shape index (κ1) is 13.5. The molecule has 0 aromatic heterocycles. The van der Waals surface area contributed by atoms with E-state index >= 15 is 0 Å². The smallest absolute Gasteiger partial charge is 0.0777 e. The van der Waals surface area contributed by atoms with Crippen molar-refractivity contribution in [2.75, 3.05) is 0 Å². The van der Waals surface area contributed by atoms with E-state index in [1.807, 2.05) is 0 Å². The summed E-state index contributed by atoms with van der Waals surface area (Å²) in [6.07, 6.45) is 11.5. The summed E-state index contributed by atoms with van der Waals surface area (Å²) < 4.78 is 0. The molecule has 0 aromatic carbocycles. The van der Waals surface area contributed by atoms with Gasteiger partial charge in [-0.25, -0.2) is 0 Å². The van der Waals surface area contributed by atoms with Crippen LogP contribution in [-0.2, 0) is 0 Å². The molecule has 1 unspecified atom stereocenters. The van der Waals surface area contributed by atoms with Crippen molar-refractivity contribution in [1.82, 2.24) is 0 Å². The molecule has 2 nitrogen and oxygen atoms in total. The molecule has 0 bridgehead atoms. The predicted molar refractivity (Wildman–Crippen MR) is 60.4 cm³/mol. The second kappa shape index (κ2) is 10.6. The van der Waals surface area contributed by atoms with Crippen LogP contribution in [0.5, 0.6) is 0 Å². The monoisotopic (exact) mass is 200 g/mol. The third kappa shape index (κ3) is 9.59. The van der Waals surface area contributed by atoms with Crippen LogP contribution in [0.3, 0.4) is 0 Å². The molecule has 0 radical (unpaired) electrons. The molecule has 0 heterocycles. The van der Waals surface area contributed by atoms with Gasteiger partial charge in [0.15, 0.2) is 0 Å². The van der Waals surface area contributed by atoms with Gasteiger partial charge in [0, 0.05) is 0 Å². The zero-order valence-corrected chi connectivity index (χ0v) is 9.28. The molecule has 14 heavy (non-hydrogen) atoms. The Balaban J connectivity index is 3.05. The van der Waals surface area contributed by atoms with E-state index in [1.54, 1.807) is 0 Å². The van der Waals surface area contributed by atoms with Crippen molar-refractivity contribution in [2.45, 2.75) is 64.4 Å². The molecule has 0 aliphatic heterocycles. The summed E-state index contributed by atoms with van der Waals surface area (Å²) in [5.74, 6) is 0. The third-order valence-corrected chi connectivity index (χ3v) is 2.41. The first-order valence-electron chi connectivity index (χ1n) is 5.80. The Morgan fingerprint density at radius 1 is 1.00 bits per heavy atom. The number of hydrogen-bond donors (Lipinski definition) is 2. The van der Waals surface area contributed by atoms with Crippen LogP contribution in [0.25, 0.3) is 0 Å². The molecule has 0 saturated heterocycles. The summed E-state index contributed by atoms with van der Waals surface area (Å²) in [6.45, 7) is 2.22. The van der Waals surface area contributed by atoms with Gasteiger partial charge in [0.05, 0.1) is 12.4 Å². The van der Waals surface area contributed by atoms with E-state index in [4.69, 9.17) is 5.11 Å². The molecule has 0 aromatic rings. The van der Waals surface area contributed by atoms with Crippen LogP contribution in [0, 0.1) is 0 Å². The maximum atomic E-state index is 9.24. The zero-order chi connectivity index (χ0) is 10.6. The molecular weight excluding hydrogens is 176 g/mol. The minimum absolute atomic E-state index is 0.462. The van der Waals surface area contributed by atoms with Crippen LogP contribution >= 0.6 is 0 Å². The van der Waals surface area contributed by atoms with E-state index in [-0.39, 0.29) is 0 Å². The van der Waals surface area contributed by atoms with Gasteiger partial charge in [-0.15, -0.1) is 0 Å². The highest BCUT2D eigenvalue weighted by Crippen LogP contribution is 2.09. The van der Waals surface area contributed by atoms with Crippen LogP contribution < -0.4 is 0 Å². The highest BCUT2D eigenvalue weighted by Gasteiger charge is 1.98. The molecule has 0 fully saturated rings. The fourth-order valence-electron chi connectivity index (χ4n) is 1.51. The number of aliphatic hydroxyl groups is 2. The van der Waals surface area contributed by atoms with Gasteiger partial charge in [-0.3, -0.25) is 0 Å². The highest BCUT2D eigenvalue weighted by atomic mass is 16.3. The van der Waals surface area contributed by atoms with Crippen LogP contribution in [0.2, 0.25) is 0 Å². The molecule has 84 valence electrons. The van der Waals surface area contributed by atoms with Crippen molar-refractivity contribution < 1.29 is 10.2 Å². The average Bonchev–Trinajstić information content (AvgIpc) is 2.17. The maximum Gasteiger partial charge on any atom is 0.0777 e. The van der Waals surface area contributed by atoms with E-state index in [0.29, 0.717) is 0 Å². The van der Waals surface area contributed by atoms with E-state index in [1.165, 1.54) is 44.6 Å². The Bertz CT molecular complexity index is 132. The minimum atomic E-state index is -0.462. The lowest BCUT2D eigenvalue weighted by molar-refractivity contribution is 0.205. The molecule has 0 rings (SSSR count). The van der Waals surface area contributed by atoms with E-state index < -0.39 is 6.10 Å². The molecule has 2 N–H and O–H groups in total. The third-order valence-electron chi connectivity index (χ3n) is 2.41. The summed E-state index contributed by atoms with van der Waals surface area (Å²) in [5.41, 5.74) is 0. The van der Waals surface area contributed by atoms with Crippen molar-refractivity contribution in [2.24, 2.45) is 0 Å².